The van der Waals surface area contributed by atoms with Gasteiger partial charge in [-0.3, -0.25) is 0 Å². The molecule has 0 amide bonds. The highest BCUT2D eigenvalue weighted by atomic mass is 32.1. The predicted octanol–water partition coefficient (Wildman–Crippen LogP) is 25.2. The van der Waals surface area contributed by atoms with E-state index >= 15 is 0 Å². The minimum Gasteiger partial charge on any atom is -0.309 e. The van der Waals surface area contributed by atoms with Crippen molar-refractivity contribution in [2.45, 2.75) is 19.3 Å². The highest BCUT2D eigenvalue weighted by Crippen LogP contribution is 2.55. The van der Waals surface area contributed by atoms with Crippen molar-refractivity contribution < 1.29 is 0 Å². The molecule has 0 saturated heterocycles. The van der Waals surface area contributed by atoms with Crippen LogP contribution in [0.15, 0.2) is 279 Å². The zero-order valence-corrected chi connectivity index (χ0v) is 51.4. The van der Waals surface area contributed by atoms with E-state index in [0.29, 0.717) is 0 Å². The van der Waals surface area contributed by atoms with Crippen LogP contribution in [0.3, 0.4) is 0 Å². The second kappa shape index (κ2) is 18.1. The fourth-order valence-electron chi connectivity index (χ4n) is 16.7. The van der Waals surface area contributed by atoms with Gasteiger partial charge in [0.2, 0.25) is 0 Å². The molecule has 4 heterocycles. The van der Waals surface area contributed by atoms with Gasteiger partial charge in [-0.15, -0.1) is 22.7 Å². The van der Waals surface area contributed by atoms with Crippen LogP contribution in [0.5, 0.6) is 0 Å². The van der Waals surface area contributed by atoms with E-state index in [1.807, 2.05) is 22.7 Å². The third-order valence-electron chi connectivity index (χ3n) is 20.8. The Morgan fingerprint density at radius 2 is 0.571 bits per heavy atom. The minimum atomic E-state index is -0.266. The second-order valence-electron chi connectivity index (χ2n) is 25.8. The number of aromatic nitrogens is 2. The van der Waals surface area contributed by atoms with E-state index in [1.165, 1.54) is 193 Å². The number of fused-ring (bicyclic) bond motifs is 27. The first-order chi connectivity index (χ1) is 44.9. The molecule has 422 valence electrons. The van der Waals surface area contributed by atoms with Gasteiger partial charge < -0.3 is 9.13 Å². The monoisotopic (exact) mass is 1190 g/mol. The molecule has 0 atom stereocenters. The largest absolute Gasteiger partial charge is 0.309 e. The molecule has 16 aromatic carbocycles. The summed E-state index contributed by atoms with van der Waals surface area (Å²) in [4.78, 5) is 0. The lowest BCUT2D eigenvalue weighted by Gasteiger charge is -2.23. The molecule has 4 heteroatoms. The molecule has 20 aromatic rings. The van der Waals surface area contributed by atoms with Gasteiger partial charge in [0.15, 0.2) is 0 Å². The van der Waals surface area contributed by atoms with Gasteiger partial charge in [-0.25, -0.2) is 0 Å². The Balaban J connectivity index is 0.707. The van der Waals surface area contributed by atoms with Crippen molar-refractivity contribution >= 4 is 171 Å². The topological polar surface area (TPSA) is 9.86 Å². The van der Waals surface area contributed by atoms with E-state index in [-0.39, 0.29) is 5.41 Å². The van der Waals surface area contributed by atoms with Crippen molar-refractivity contribution in [1.29, 1.82) is 0 Å². The Morgan fingerprint density at radius 1 is 0.231 bits per heavy atom. The van der Waals surface area contributed by atoms with Crippen LogP contribution in [0, 0.1) is 0 Å². The molecule has 0 spiro atoms. The molecular formula is C87H52N2S2. The fourth-order valence-corrected chi connectivity index (χ4v) is 19.1. The molecule has 0 bridgehead atoms. The number of hydrogen-bond acceptors (Lipinski definition) is 2. The van der Waals surface area contributed by atoms with Crippen LogP contribution in [-0.4, -0.2) is 9.13 Å². The molecule has 0 aliphatic heterocycles. The Morgan fingerprint density at radius 3 is 1.01 bits per heavy atom. The van der Waals surface area contributed by atoms with Crippen LogP contribution in [0.2, 0.25) is 0 Å². The number of nitrogens with zero attached hydrogens (tertiary/aromatic N) is 2. The summed E-state index contributed by atoms with van der Waals surface area (Å²) in [5.74, 6) is 0. The van der Waals surface area contributed by atoms with Crippen molar-refractivity contribution in [2.24, 2.45) is 0 Å². The standard InChI is InChI=1S/C87H52N2S2/c1-87(2)77-47-71-59-37-35-51(88-79-29-11-7-21-61(79)75-41-49(33-39-81(75)88)53-25-15-27-65-63-23-9-13-31-83(63)90-85(53)65)43-67(59)55-17-3-5-19-57(55)69(71)45-73(77)74-46-70-58-20-6-4-18-56(58)68-44-52(36-38-60(68)72(70)48-78(74)87)89-80-30-12-8-22-62(80)76-42-50(34-40-82(76)89)54-26-16-28-66-64-24-10-14-32-84(64)91-86(54)66/h3-48H,1-2H3. The summed E-state index contributed by atoms with van der Waals surface area (Å²) in [5, 5.41) is 25.7. The van der Waals surface area contributed by atoms with Gasteiger partial charge >= 0.3 is 0 Å². The van der Waals surface area contributed by atoms with Crippen molar-refractivity contribution in [1.82, 2.24) is 9.13 Å². The molecule has 0 radical (unpaired) electrons. The SMILES string of the molecule is CC1(C)c2cc3c4ccc(-n5c6ccccc6c6cc(-c7cccc8c7sc7ccccc78)ccc65)cc4c4ccccc4c3cc2-c2cc3c4ccccc4c4cc(-n5c6ccccc6c6cc(-c7cccc8c7sc7ccccc78)ccc65)ccc4c3cc21. The van der Waals surface area contributed by atoms with Crippen LogP contribution < -0.4 is 0 Å². The van der Waals surface area contributed by atoms with Crippen LogP contribution in [0.4, 0.5) is 0 Å². The summed E-state index contributed by atoms with van der Waals surface area (Å²) < 4.78 is 10.3. The first kappa shape index (κ1) is 50.0. The van der Waals surface area contributed by atoms with Gasteiger partial charge in [-0.2, -0.15) is 0 Å². The first-order valence-corrected chi connectivity index (χ1v) is 33.3. The second-order valence-corrected chi connectivity index (χ2v) is 27.9. The van der Waals surface area contributed by atoms with E-state index in [9.17, 15) is 0 Å². The van der Waals surface area contributed by atoms with Gasteiger partial charge in [0.05, 0.1) is 22.1 Å². The van der Waals surface area contributed by atoms with Gasteiger partial charge in [-0.05, 0) is 206 Å². The van der Waals surface area contributed by atoms with Crippen LogP contribution in [-0.2, 0) is 5.41 Å². The molecule has 1 aliphatic carbocycles. The van der Waals surface area contributed by atoms with Crippen LogP contribution in [0.1, 0.15) is 25.0 Å². The average Bonchev–Trinajstić information content (AvgIpc) is 1.64. The Hall–Kier alpha value is -10.9. The minimum absolute atomic E-state index is 0.266. The van der Waals surface area contributed by atoms with Gasteiger partial charge in [0.25, 0.3) is 0 Å². The van der Waals surface area contributed by atoms with E-state index in [4.69, 9.17) is 0 Å². The first-order valence-electron chi connectivity index (χ1n) is 31.6. The molecule has 91 heavy (non-hydrogen) atoms. The van der Waals surface area contributed by atoms with Crippen molar-refractivity contribution in [2.75, 3.05) is 0 Å². The van der Waals surface area contributed by atoms with Crippen LogP contribution >= 0.6 is 22.7 Å². The molecule has 21 rings (SSSR count). The van der Waals surface area contributed by atoms with Crippen molar-refractivity contribution in [3.05, 3.63) is 290 Å². The highest BCUT2D eigenvalue weighted by Gasteiger charge is 2.37. The third kappa shape index (κ3) is 6.80. The Bertz CT molecular complexity index is 6280. The molecule has 0 unspecified atom stereocenters. The summed E-state index contributed by atoms with van der Waals surface area (Å²) >= 11 is 3.79. The van der Waals surface area contributed by atoms with E-state index in [0.717, 1.165) is 11.4 Å². The number of rotatable bonds is 4. The van der Waals surface area contributed by atoms with Crippen molar-refractivity contribution in [3.8, 4) is 44.8 Å². The Labute approximate surface area is 530 Å². The van der Waals surface area contributed by atoms with Gasteiger partial charge in [0, 0.05) is 78.7 Å². The Kier molecular flexibility index (Phi) is 9.98. The zero-order valence-electron chi connectivity index (χ0n) is 49.8. The normalized spacial score (nSPS) is 13.3. The molecule has 0 N–H and O–H groups in total. The van der Waals surface area contributed by atoms with Crippen LogP contribution in [0.25, 0.3) is 193 Å². The van der Waals surface area contributed by atoms with Gasteiger partial charge in [-0.1, -0.05) is 196 Å². The molecule has 4 aromatic heterocycles. The molecular weight excluding hydrogens is 1140 g/mol. The maximum atomic E-state index is 2.56. The molecule has 0 saturated carbocycles. The number of benzene rings is 16. The lowest BCUT2D eigenvalue weighted by molar-refractivity contribution is 0.662. The summed E-state index contributed by atoms with van der Waals surface area (Å²) in [6, 6.07) is 106. The molecule has 0 fully saturated rings. The zero-order chi connectivity index (χ0) is 59.5. The van der Waals surface area contributed by atoms with Gasteiger partial charge in [0.1, 0.15) is 0 Å². The average molecular weight is 1190 g/mol. The van der Waals surface area contributed by atoms with E-state index in [2.05, 4.69) is 302 Å². The van der Waals surface area contributed by atoms with Crippen molar-refractivity contribution in [3.63, 3.8) is 0 Å². The highest BCUT2D eigenvalue weighted by molar-refractivity contribution is 7.26. The summed E-state index contributed by atoms with van der Waals surface area (Å²) in [6.07, 6.45) is 0. The maximum Gasteiger partial charge on any atom is 0.0541 e. The summed E-state index contributed by atoms with van der Waals surface area (Å²) in [6.45, 7) is 4.90. The molecule has 1 aliphatic rings. The number of hydrogen-bond donors (Lipinski definition) is 0. The number of thiophene rings is 2. The fraction of sp³-hybridized carbons (Fsp3) is 0.0345. The maximum absolute atomic E-state index is 2.56. The third-order valence-corrected chi connectivity index (χ3v) is 23.3. The lowest BCUT2D eigenvalue weighted by atomic mass is 9.80. The quantitative estimate of drug-likeness (QED) is 0.155. The summed E-state index contributed by atoms with van der Waals surface area (Å²) in [7, 11) is 0. The van der Waals surface area contributed by atoms with E-state index in [1.54, 1.807) is 0 Å². The number of para-hydroxylation sites is 2. The molecule has 2 nitrogen and oxygen atoms in total. The lowest BCUT2D eigenvalue weighted by Crippen LogP contribution is -2.15. The smallest absolute Gasteiger partial charge is 0.0541 e. The predicted molar refractivity (Wildman–Crippen MR) is 394 cm³/mol. The van der Waals surface area contributed by atoms with E-state index < -0.39 is 0 Å². The summed E-state index contributed by atoms with van der Waals surface area (Å²) in [5.41, 5.74) is 17.4.